The molecule has 1 N–H and O–H groups in total. The highest BCUT2D eigenvalue weighted by atomic mass is 32.1. The number of hydrogen-bond donors (Lipinski definition) is 1. The highest BCUT2D eigenvalue weighted by Gasteiger charge is 2.06. The molecule has 0 atom stereocenters. The van der Waals surface area contributed by atoms with Crippen LogP contribution in [0.15, 0.2) is 23.6 Å². The Kier molecular flexibility index (Phi) is 1.83. The van der Waals surface area contributed by atoms with Gasteiger partial charge < -0.3 is 5.11 Å². The van der Waals surface area contributed by atoms with Crippen LogP contribution in [0.25, 0.3) is 10.1 Å². The Bertz CT molecular complexity index is 408. The normalized spacial score (nSPS) is 10.8. The average molecular weight is 182 g/mol. The minimum Gasteiger partial charge on any atom is -0.392 e. The molecular formula is C9H7FOS. The van der Waals surface area contributed by atoms with Crippen LogP contribution in [0, 0.1) is 5.82 Å². The highest BCUT2D eigenvalue weighted by Crippen LogP contribution is 2.25. The second-order valence-electron chi connectivity index (χ2n) is 2.54. The van der Waals surface area contributed by atoms with Gasteiger partial charge in [-0.2, -0.15) is 0 Å². The third-order valence-corrected chi connectivity index (χ3v) is 2.73. The maximum absolute atomic E-state index is 13.4. The minimum atomic E-state index is -0.287. The smallest absolute Gasteiger partial charge is 0.146 e. The van der Waals surface area contributed by atoms with Crippen molar-refractivity contribution in [2.75, 3.05) is 0 Å². The fourth-order valence-electron chi connectivity index (χ4n) is 1.16. The molecule has 62 valence electrons. The molecule has 0 fully saturated rings. The molecule has 12 heavy (non-hydrogen) atoms. The van der Waals surface area contributed by atoms with Gasteiger partial charge in [-0.1, -0.05) is 12.1 Å². The van der Waals surface area contributed by atoms with Crippen LogP contribution in [-0.4, -0.2) is 5.11 Å². The van der Waals surface area contributed by atoms with E-state index in [0.29, 0.717) is 10.3 Å². The molecule has 1 aromatic carbocycles. The summed E-state index contributed by atoms with van der Waals surface area (Å²) in [5, 5.41) is 11.5. The van der Waals surface area contributed by atoms with E-state index in [1.54, 1.807) is 6.07 Å². The van der Waals surface area contributed by atoms with Crippen LogP contribution in [0.2, 0.25) is 0 Å². The molecule has 0 radical (unpaired) electrons. The topological polar surface area (TPSA) is 20.2 Å². The van der Waals surface area contributed by atoms with Crippen molar-refractivity contribution in [3.63, 3.8) is 0 Å². The number of benzene rings is 1. The van der Waals surface area contributed by atoms with Gasteiger partial charge in [0.1, 0.15) is 5.82 Å². The first-order valence-electron chi connectivity index (χ1n) is 3.58. The molecule has 0 aliphatic heterocycles. The first-order valence-corrected chi connectivity index (χ1v) is 4.46. The number of hydrogen-bond acceptors (Lipinski definition) is 2. The molecule has 1 nitrogen and oxygen atoms in total. The second-order valence-corrected chi connectivity index (χ2v) is 3.45. The summed E-state index contributed by atoms with van der Waals surface area (Å²) < 4.78 is 14.0. The highest BCUT2D eigenvalue weighted by molar-refractivity contribution is 7.17. The van der Waals surface area contributed by atoms with Crippen LogP contribution in [0.3, 0.4) is 0 Å². The molecule has 0 aliphatic rings. The van der Waals surface area contributed by atoms with Crippen molar-refractivity contribution in [2.24, 2.45) is 0 Å². The van der Waals surface area contributed by atoms with E-state index in [-0.39, 0.29) is 12.4 Å². The Morgan fingerprint density at radius 2 is 2.17 bits per heavy atom. The maximum atomic E-state index is 13.4. The van der Waals surface area contributed by atoms with Crippen molar-refractivity contribution >= 4 is 21.4 Å². The number of fused-ring (bicyclic) bond motifs is 1. The first kappa shape index (κ1) is 7.71. The molecule has 0 bridgehead atoms. The molecule has 0 amide bonds. The van der Waals surface area contributed by atoms with E-state index in [9.17, 15) is 4.39 Å². The molecule has 0 unspecified atom stereocenters. The molecule has 0 saturated heterocycles. The van der Waals surface area contributed by atoms with E-state index in [0.717, 1.165) is 5.39 Å². The summed E-state index contributed by atoms with van der Waals surface area (Å²) in [6, 6.07) is 5.30. The van der Waals surface area contributed by atoms with Crippen LogP contribution in [0.4, 0.5) is 4.39 Å². The van der Waals surface area contributed by atoms with Crippen molar-refractivity contribution in [1.82, 2.24) is 0 Å². The lowest BCUT2D eigenvalue weighted by Gasteiger charge is -1.98. The third-order valence-electron chi connectivity index (χ3n) is 1.81. The molecule has 1 aromatic heterocycles. The van der Waals surface area contributed by atoms with Crippen LogP contribution in [-0.2, 0) is 6.61 Å². The van der Waals surface area contributed by atoms with E-state index in [1.165, 1.54) is 11.3 Å². The van der Waals surface area contributed by atoms with Crippen LogP contribution in [0.1, 0.15) is 5.56 Å². The van der Waals surface area contributed by atoms with Gasteiger partial charge in [-0.05, 0) is 16.8 Å². The van der Waals surface area contributed by atoms with Gasteiger partial charge in [0.25, 0.3) is 0 Å². The molecule has 0 saturated carbocycles. The van der Waals surface area contributed by atoms with Gasteiger partial charge >= 0.3 is 0 Å². The summed E-state index contributed by atoms with van der Waals surface area (Å²) in [7, 11) is 0. The molecular weight excluding hydrogens is 175 g/mol. The Morgan fingerprint density at radius 3 is 2.92 bits per heavy atom. The standard InChI is InChI=1S/C9H7FOS/c10-8-7(5-11)2-1-6-3-4-12-9(6)8/h1-4,11H,5H2. The van der Waals surface area contributed by atoms with Crippen molar-refractivity contribution in [2.45, 2.75) is 6.61 Å². The predicted octanol–water partition coefficient (Wildman–Crippen LogP) is 2.53. The summed E-state index contributed by atoms with van der Waals surface area (Å²) in [5.74, 6) is -0.287. The third kappa shape index (κ3) is 1.02. The van der Waals surface area contributed by atoms with Gasteiger partial charge in [-0.15, -0.1) is 11.3 Å². The van der Waals surface area contributed by atoms with Gasteiger partial charge in [0.15, 0.2) is 0 Å². The van der Waals surface area contributed by atoms with Gasteiger partial charge in [-0.25, -0.2) is 4.39 Å². The van der Waals surface area contributed by atoms with E-state index in [1.807, 2.05) is 17.5 Å². The van der Waals surface area contributed by atoms with Gasteiger partial charge in [0.05, 0.1) is 11.3 Å². The quantitative estimate of drug-likeness (QED) is 0.718. The van der Waals surface area contributed by atoms with Crippen molar-refractivity contribution in [1.29, 1.82) is 0 Å². The zero-order chi connectivity index (χ0) is 8.55. The first-order chi connectivity index (χ1) is 5.83. The zero-order valence-electron chi connectivity index (χ0n) is 6.25. The van der Waals surface area contributed by atoms with Gasteiger partial charge in [0.2, 0.25) is 0 Å². The summed E-state index contributed by atoms with van der Waals surface area (Å²) in [6.07, 6.45) is 0. The number of rotatable bonds is 1. The number of thiophene rings is 1. The Morgan fingerprint density at radius 1 is 1.33 bits per heavy atom. The summed E-state index contributed by atoms with van der Waals surface area (Å²) in [6.45, 7) is -0.236. The molecule has 2 rings (SSSR count). The lowest BCUT2D eigenvalue weighted by atomic mass is 10.2. The van der Waals surface area contributed by atoms with Crippen LogP contribution < -0.4 is 0 Å². The van der Waals surface area contributed by atoms with Gasteiger partial charge in [-0.3, -0.25) is 0 Å². The molecule has 0 spiro atoms. The Balaban J connectivity index is 2.78. The van der Waals surface area contributed by atoms with Gasteiger partial charge in [0, 0.05) is 5.56 Å². The monoisotopic (exact) mass is 182 g/mol. The summed E-state index contributed by atoms with van der Waals surface area (Å²) in [4.78, 5) is 0. The average Bonchev–Trinajstić information content (AvgIpc) is 2.53. The summed E-state index contributed by atoms with van der Waals surface area (Å²) in [5.41, 5.74) is 0.366. The molecule has 0 aliphatic carbocycles. The lowest BCUT2D eigenvalue weighted by molar-refractivity contribution is 0.276. The predicted molar refractivity (Wildman–Crippen MR) is 47.7 cm³/mol. The maximum Gasteiger partial charge on any atom is 0.146 e. The van der Waals surface area contributed by atoms with Crippen molar-refractivity contribution in [3.8, 4) is 0 Å². The van der Waals surface area contributed by atoms with E-state index in [2.05, 4.69) is 0 Å². The summed E-state index contributed by atoms with van der Waals surface area (Å²) >= 11 is 1.36. The number of halogens is 1. The molecule has 3 heteroatoms. The fraction of sp³-hybridized carbons (Fsp3) is 0.111. The SMILES string of the molecule is OCc1ccc2ccsc2c1F. The van der Waals surface area contributed by atoms with E-state index < -0.39 is 0 Å². The van der Waals surface area contributed by atoms with Crippen molar-refractivity contribution < 1.29 is 9.50 Å². The lowest BCUT2D eigenvalue weighted by Crippen LogP contribution is -1.88. The zero-order valence-corrected chi connectivity index (χ0v) is 7.07. The molecule has 1 heterocycles. The van der Waals surface area contributed by atoms with E-state index >= 15 is 0 Å². The van der Waals surface area contributed by atoms with E-state index in [4.69, 9.17) is 5.11 Å². The molecule has 2 aromatic rings. The number of aliphatic hydroxyl groups excluding tert-OH is 1. The van der Waals surface area contributed by atoms with Crippen LogP contribution in [0.5, 0.6) is 0 Å². The number of aliphatic hydroxyl groups is 1. The van der Waals surface area contributed by atoms with Crippen LogP contribution >= 0.6 is 11.3 Å². The Labute approximate surface area is 73.1 Å². The largest absolute Gasteiger partial charge is 0.392 e. The minimum absolute atomic E-state index is 0.236. The Hall–Kier alpha value is -0.930. The second kappa shape index (κ2) is 2.84. The fourth-order valence-corrected chi connectivity index (χ4v) is 2.02. The van der Waals surface area contributed by atoms with Crippen molar-refractivity contribution in [3.05, 3.63) is 35.0 Å².